The average Bonchev–Trinajstić information content (AvgIpc) is 3.19. The van der Waals surface area contributed by atoms with Gasteiger partial charge in [0.15, 0.2) is 0 Å². The summed E-state index contributed by atoms with van der Waals surface area (Å²) in [5, 5.41) is 6.03. The topological polar surface area (TPSA) is 87.7 Å². The van der Waals surface area contributed by atoms with Gasteiger partial charge in [-0.25, -0.2) is 0 Å². The van der Waals surface area contributed by atoms with Gasteiger partial charge >= 0.3 is 0 Å². The predicted molar refractivity (Wildman–Crippen MR) is 89.6 cm³/mol. The van der Waals surface area contributed by atoms with E-state index in [2.05, 4.69) is 10.6 Å². The van der Waals surface area contributed by atoms with E-state index in [4.69, 9.17) is 4.74 Å². The third kappa shape index (κ3) is 3.43. The Labute approximate surface area is 148 Å². The van der Waals surface area contributed by atoms with Crippen LogP contribution in [0.25, 0.3) is 0 Å². The number of hydrogen-bond acceptors (Lipinski definition) is 5. The van der Waals surface area contributed by atoms with Crippen LogP contribution in [0, 0.1) is 11.8 Å². The molecule has 3 fully saturated rings. The van der Waals surface area contributed by atoms with Crippen molar-refractivity contribution < 1.29 is 19.1 Å². The summed E-state index contributed by atoms with van der Waals surface area (Å²) in [5.41, 5.74) is 0. The molecule has 0 aromatic heterocycles. The lowest BCUT2D eigenvalue weighted by atomic mass is 9.81. The van der Waals surface area contributed by atoms with Crippen LogP contribution in [-0.2, 0) is 19.1 Å². The summed E-state index contributed by atoms with van der Waals surface area (Å²) in [7, 11) is 0. The molecule has 3 aliphatic heterocycles. The lowest BCUT2D eigenvalue weighted by molar-refractivity contribution is -0.142. The van der Waals surface area contributed by atoms with Gasteiger partial charge in [-0.2, -0.15) is 0 Å². The molecule has 0 aromatic carbocycles. The maximum atomic E-state index is 12.4. The minimum Gasteiger partial charge on any atom is -0.373 e. The van der Waals surface area contributed by atoms with Crippen LogP contribution in [-0.4, -0.2) is 60.5 Å². The van der Waals surface area contributed by atoms with Gasteiger partial charge in [0, 0.05) is 25.6 Å². The Morgan fingerprint density at radius 2 is 1.83 bits per heavy atom. The summed E-state index contributed by atoms with van der Waals surface area (Å²) in [6, 6.07) is 0.200. The van der Waals surface area contributed by atoms with Crippen molar-refractivity contribution in [2.45, 2.75) is 51.4 Å². The summed E-state index contributed by atoms with van der Waals surface area (Å²) >= 11 is 0. The SMILES string of the molecule is CCN[C@H](C)CNC(=O)CCN1C(=O)C2C3CCC(O3)C2C1=O.Cl. The van der Waals surface area contributed by atoms with Crippen LogP contribution in [0.15, 0.2) is 0 Å². The number of hydrogen-bond donors (Lipinski definition) is 2. The quantitative estimate of drug-likeness (QED) is 0.628. The Hall–Kier alpha value is -1.18. The van der Waals surface area contributed by atoms with E-state index in [-0.39, 0.29) is 73.2 Å². The molecule has 2 N–H and O–H groups in total. The molecule has 24 heavy (non-hydrogen) atoms. The molecule has 0 aliphatic carbocycles. The minimum atomic E-state index is -0.307. The van der Waals surface area contributed by atoms with Crippen molar-refractivity contribution in [2.24, 2.45) is 11.8 Å². The minimum absolute atomic E-state index is 0. The Bertz CT molecular complexity index is 488. The van der Waals surface area contributed by atoms with E-state index in [1.807, 2.05) is 13.8 Å². The van der Waals surface area contributed by atoms with Crippen molar-refractivity contribution in [3.8, 4) is 0 Å². The molecule has 5 atom stereocenters. The molecule has 2 bridgehead atoms. The predicted octanol–water partition coefficient (Wildman–Crippen LogP) is 0.0749. The fraction of sp³-hybridized carbons (Fsp3) is 0.812. The van der Waals surface area contributed by atoms with E-state index in [9.17, 15) is 14.4 Å². The monoisotopic (exact) mass is 359 g/mol. The Balaban J connectivity index is 0.00000208. The maximum absolute atomic E-state index is 12.4. The van der Waals surface area contributed by atoms with Gasteiger partial charge in [0.05, 0.1) is 24.0 Å². The average molecular weight is 360 g/mol. The molecule has 3 saturated heterocycles. The number of imide groups is 1. The van der Waals surface area contributed by atoms with Crippen LogP contribution in [0.5, 0.6) is 0 Å². The van der Waals surface area contributed by atoms with E-state index >= 15 is 0 Å². The Morgan fingerprint density at radius 1 is 1.25 bits per heavy atom. The van der Waals surface area contributed by atoms with Gasteiger partial charge in [0.25, 0.3) is 0 Å². The number of carbonyl (C=O) groups is 3. The highest BCUT2D eigenvalue weighted by Gasteiger charge is 2.62. The van der Waals surface area contributed by atoms with Crippen molar-refractivity contribution >= 4 is 30.1 Å². The second kappa shape index (κ2) is 7.80. The van der Waals surface area contributed by atoms with Crippen LogP contribution in [0.3, 0.4) is 0 Å². The molecular formula is C16H26ClN3O4. The highest BCUT2D eigenvalue weighted by molar-refractivity contribution is 6.06. The first-order valence-corrected chi connectivity index (χ1v) is 8.53. The third-order valence-electron chi connectivity index (χ3n) is 5.10. The van der Waals surface area contributed by atoms with Gasteiger partial charge in [-0.15, -0.1) is 12.4 Å². The molecule has 3 amide bonds. The van der Waals surface area contributed by atoms with Gasteiger partial charge in [0.2, 0.25) is 17.7 Å². The lowest BCUT2D eigenvalue weighted by Gasteiger charge is -2.18. The molecule has 3 rings (SSSR count). The molecule has 4 unspecified atom stereocenters. The van der Waals surface area contributed by atoms with Crippen LogP contribution in [0.2, 0.25) is 0 Å². The molecule has 3 aliphatic rings. The van der Waals surface area contributed by atoms with Crippen molar-refractivity contribution in [1.29, 1.82) is 0 Å². The highest BCUT2D eigenvalue weighted by atomic mass is 35.5. The van der Waals surface area contributed by atoms with Gasteiger partial charge in [-0.3, -0.25) is 19.3 Å². The molecule has 3 heterocycles. The molecule has 0 spiro atoms. The second-order valence-electron chi connectivity index (χ2n) is 6.68. The first kappa shape index (κ1) is 19.1. The molecule has 0 saturated carbocycles. The molecular weight excluding hydrogens is 334 g/mol. The third-order valence-corrected chi connectivity index (χ3v) is 5.10. The maximum Gasteiger partial charge on any atom is 0.235 e. The lowest BCUT2D eigenvalue weighted by Crippen LogP contribution is -2.41. The first-order chi connectivity index (χ1) is 11.0. The number of fused-ring (bicyclic) bond motifs is 5. The number of halogens is 1. The fourth-order valence-corrected chi connectivity index (χ4v) is 3.98. The van der Waals surface area contributed by atoms with E-state index in [0.29, 0.717) is 6.54 Å². The molecule has 0 aromatic rings. The highest BCUT2D eigenvalue weighted by Crippen LogP contribution is 2.48. The fourth-order valence-electron chi connectivity index (χ4n) is 3.98. The zero-order valence-electron chi connectivity index (χ0n) is 14.1. The first-order valence-electron chi connectivity index (χ1n) is 8.53. The number of carbonyl (C=O) groups excluding carboxylic acids is 3. The number of nitrogens with one attached hydrogen (secondary N) is 2. The van der Waals surface area contributed by atoms with Crippen molar-refractivity contribution in [3.63, 3.8) is 0 Å². The number of likely N-dealkylation sites (N-methyl/N-ethyl adjacent to an activating group) is 1. The largest absolute Gasteiger partial charge is 0.373 e. The number of nitrogens with zero attached hydrogens (tertiary/aromatic N) is 1. The van der Waals surface area contributed by atoms with Crippen molar-refractivity contribution in [3.05, 3.63) is 0 Å². The summed E-state index contributed by atoms with van der Waals surface area (Å²) in [6.07, 6.45) is 1.69. The van der Waals surface area contributed by atoms with Crippen molar-refractivity contribution in [1.82, 2.24) is 15.5 Å². The van der Waals surface area contributed by atoms with Gasteiger partial charge in [-0.1, -0.05) is 6.92 Å². The van der Waals surface area contributed by atoms with E-state index in [1.54, 1.807) is 0 Å². The standard InChI is InChI=1S/C16H25N3O4.ClH/c1-3-17-9(2)8-18-12(20)6-7-19-15(21)13-10-4-5-11(23-10)14(13)16(19)22;/h9-11,13-14,17H,3-8H2,1-2H3,(H,18,20);1H/t9-,10?,11?,13?,14?;/m1./s1. The molecule has 136 valence electrons. The second-order valence-corrected chi connectivity index (χ2v) is 6.68. The number of rotatable bonds is 7. The van der Waals surface area contributed by atoms with E-state index in [1.165, 1.54) is 4.90 Å². The molecule has 0 radical (unpaired) electrons. The van der Waals surface area contributed by atoms with Crippen LogP contribution < -0.4 is 10.6 Å². The van der Waals surface area contributed by atoms with Gasteiger partial charge in [-0.05, 0) is 26.3 Å². The summed E-state index contributed by atoms with van der Waals surface area (Å²) in [5.74, 6) is -1.05. The summed E-state index contributed by atoms with van der Waals surface area (Å²) in [4.78, 5) is 38.0. The Kier molecular flexibility index (Phi) is 6.22. The van der Waals surface area contributed by atoms with Crippen molar-refractivity contribution in [2.75, 3.05) is 19.6 Å². The van der Waals surface area contributed by atoms with Gasteiger partial charge in [0.1, 0.15) is 0 Å². The summed E-state index contributed by atoms with van der Waals surface area (Å²) < 4.78 is 5.69. The smallest absolute Gasteiger partial charge is 0.235 e. The van der Waals surface area contributed by atoms with Crippen LogP contribution >= 0.6 is 12.4 Å². The number of amides is 3. The van der Waals surface area contributed by atoms with E-state index < -0.39 is 0 Å². The zero-order valence-corrected chi connectivity index (χ0v) is 14.9. The van der Waals surface area contributed by atoms with Crippen LogP contribution in [0.1, 0.15) is 33.1 Å². The summed E-state index contributed by atoms with van der Waals surface area (Å²) in [6.45, 7) is 5.56. The number of ether oxygens (including phenoxy) is 1. The van der Waals surface area contributed by atoms with Gasteiger partial charge < -0.3 is 15.4 Å². The molecule has 8 heteroatoms. The number of likely N-dealkylation sites (tertiary alicyclic amines) is 1. The van der Waals surface area contributed by atoms with Crippen LogP contribution in [0.4, 0.5) is 0 Å². The normalized spacial score (nSPS) is 31.8. The Morgan fingerprint density at radius 3 is 2.38 bits per heavy atom. The molecule has 7 nitrogen and oxygen atoms in total. The zero-order chi connectivity index (χ0) is 16.6. The van der Waals surface area contributed by atoms with E-state index in [0.717, 1.165) is 19.4 Å².